The normalized spacial score (nSPS) is 11.6. The molecule has 0 heterocycles. The van der Waals surface area contributed by atoms with Crippen LogP contribution in [0.15, 0.2) is 53.4 Å². The average Bonchev–Trinajstić information content (AvgIpc) is 2.55. The third kappa shape index (κ3) is 5.79. The van der Waals surface area contributed by atoms with Crippen molar-refractivity contribution >= 4 is 41.0 Å². The first-order chi connectivity index (χ1) is 11.4. The maximum Gasteiger partial charge on any atom is 0.316 e. The van der Waals surface area contributed by atoms with Gasteiger partial charge in [0.25, 0.3) is 0 Å². The second-order valence-electron chi connectivity index (χ2n) is 5.12. The van der Waals surface area contributed by atoms with E-state index in [-0.39, 0.29) is 11.2 Å². The average molecular weight is 364 g/mol. The third-order valence-electron chi connectivity index (χ3n) is 3.18. The van der Waals surface area contributed by atoms with E-state index >= 15 is 0 Å². The van der Waals surface area contributed by atoms with Gasteiger partial charge in [-0.05, 0) is 48.9 Å². The van der Waals surface area contributed by atoms with Gasteiger partial charge in [0.05, 0.1) is 5.25 Å². The van der Waals surface area contributed by atoms with Crippen molar-refractivity contribution in [2.24, 2.45) is 5.73 Å². The molecule has 0 unspecified atom stereocenters. The predicted molar refractivity (Wildman–Crippen MR) is 98.3 cm³/mol. The molecule has 1 atom stereocenters. The van der Waals surface area contributed by atoms with E-state index in [2.05, 4.69) is 10.6 Å². The van der Waals surface area contributed by atoms with E-state index in [1.165, 1.54) is 11.8 Å². The van der Waals surface area contributed by atoms with E-state index in [0.717, 1.165) is 10.5 Å². The van der Waals surface area contributed by atoms with Crippen molar-refractivity contribution in [2.75, 3.05) is 5.32 Å². The number of urea groups is 1. The summed E-state index contributed by atoms with van der Waals surface area (Å²) in [5, 5.41) is 5.83. The Morgan fingerprint density at radius 1 is 1.12 bits per heavy atom. The van der Waals surface area contributed by atoms with E-state index in [1.54, 1.807) is 24.3 Å². The summed E-state index contributed by atoms with van der Waals surface area (Å²) >= 11 is 7.32. The smallest absolute Gasteiger partial charge is 0.316 e. The Morgan fingerprint density at radius 2 is 1.75 bits per heavy atom. The number of hydrogen-bond acceptors (Lipinski definition) is 3. The van der Waals surface area contributed by atoms with Crippen LogP contribution in [-0.2, 0) is 11.3 Å². The molecule has 0 saturated heterocycles. The second-order valence-corrected chi connectivity index (χ2v) is 6.97. The summed E-state index contributed by atoms with van der Waals surface area (Å²) in [5.74, 6) is -0.0470. The summed E-state index contributed by atoms with van der Waals surface area (Å²) in [6.07, 6.45) is 0. The molecule has 0 fully saturated rings. The van der Waals surface area contributed by atoms with Crippen molar-refractivity contribution in [3.8, 4) is 0 Å². The Kier molecular flexibility index (Phi) is 6.52. The fraction of sp³-hybridized carbons (Fsp3) is 0.176. The van der Waals surface area contributed by atoms with Gasteiger partial charge in [-0.25, -0.2) is 4.79 Å². The molecule has 0 radical (unpaired) electrons. The molecule has 7 heteroatoms. The quantitative estimate of drug-likeness (QED) is 0.685. The van der Waals surface area contributed by atoms with Crippen molar-refractivity contribution in [1.29, 1.82) is 0 Å². The molecule has 2 rings (SSSR count). The first-order valence-corrected chi connectivity index (χ1v) is 8.55. The number of carbonyl (C=O) groups excluding carboxylic acids is 2. The number of carbonyl (C=O) groups is 2. The lowest BCUT2D eigenvalue weighted by atomic mass is 10.2. The van der Waals surface area contributed by atoms with Gasteiger partial charge in [0.15, 0.2) is 0 Å². The summed E-state index contributed by atoms with van der Waals surface area (Å²) in [7, 11) is 0. The predicted octanol–water partition coefficient (Wildman–Crippen LogP) is 3.63. The van der Waals surface area contributed by atoms with Gasteiger partial charge in [0, 0.05) is 22.2 Å². The van der Waals surface area contributed by atoms with E-state index in [1.807, 2.05) is 31.2 Å². The lowest BCUT2D eigenvalue weighted by Gasteiger charge is -2.12. The van der Waals surface area contributed by atoms with Gasteiger partial charge in [-0.3, -0.25) is 4.79 Å². The number of hydrogen-bond donors (Lipinski definition) is 3. The molecular weight excluding hydrogens is 346 g/mol. The van der Waals surface area contributed by atoms with Crippen LogP contribution in [0.5, 0.6) is 0 Å². The molecule has 0 spiro atoms. The van der Waals surface area contributed by atoms with Crippen LogP contribution < -0.4 is 16.4 Å². The zero-order valence-corrected chi connectivity index (χ0v) is 14.7. The van der Waals surface area contributed by atoms with E-state index in [9.17, 15) is 9.59 Å². The summed E-state index contributed by atoms with van der Waals surface area (Å²) < 4.78 is 0. The van der Waals surface area contributed by atoms with Crippen molar-refractivity contribution in [1.82, 2.24) is 5.32 Å². The monoisotopic (exact) mass is 363 g/mol. The first kappa shape index (κ1) is 18.2. The Balaban J connectivity index is 1.83. The van der Waals surface area contributed by atoms with Crippen LogP contribution in [0.4, 0.5) is 10.5 Å². The standard InChI is InChI=1S/C17H18ClN3O2S/c1-11(24-15-8-4-13(18)5-9-15)16(22)20-10-12-2-6-14(7-3-12)21-17(19)23/h2-9,11H,10H2,1H3,(H,20,22)(H3,19,21,23)/t11-/m1/s1. The molecule has 0 saturated carbocycles. The largest absolute Gasteiger partial charge is 0.351 e. The Labute approximate surface area is 150 Å². The maximum absolute atomic E-state index is 12.2. The van der Waals surface area contributed by atoms with Crippen LogP contribution in [0, 0.1) is 0 Å². The van der Waals surface area contributed by atoms with Crippen LogP contribution in [0.3, 0.4) is 0 Å². The minimum absolute atomic E-state index is 0.0470. The number of benzene rings is 2. The number of primary amides is 1. The molecule has 0 bridgehead atoms. The number of thioether (sulfide) groups is 1. The molecule has 5 nitrogen and oxygen atoms in total. The summed E-state index contributed by atoms with van der Waals surface area (Å²) in [6, 6.07) is 13.9. The molecule has 126 valence electrons. The van der Waals surface area contributed by atoms with E-state index in [4.69, 9.17) is 17.3 Å². The number of anilines is 1. The Hall–Kier alpha value is -2.18. The molecule has 2 aromatic rings. The van der Waals surface area contributed by atoms with Gasteiger partial charge in [-0.15, -0.1) is 11.8 Å². The molecule has 2 aromatic carbocycles. The van der Waals surface area contributed by atoms with E-state index < -0.39 is 6.03 Å². The molecule has 0 aromatic heterocycles. The lowest BCUT2D eigenvalue weighted by molar-refractivity contribution is -0.120. The van der Waals surface area contributed by atoms with Crippen LogP contribution in [0.1, 0.15) is 12.5 Å². The van der Waals surface area contributed by atoms with Crippen LogP contribution in [-0.4, -0.2) is 17.2 Å². The van der Waals surface area contributed by atoms with Gasteiger partial charge in [0.1, 0.15) is 0 Å². The van der Waals surface area contributed by atoms with Crippen LogP contribution in [0.25, 0.3) is 0 Å². The summed E-state index contributed by atoms with van der Waals surface area (Å²) in [6.45, 7) is 2.27. The minimum atomic E-state index is -0.607. The number of nitrogens with one attached hydrogen (secondary N) is 2. The number of nitrogens with two attached hydrogens (primary N) is 1. The molecule has 0 aliphatic carbocycles. The Morgan fingerprint density at radius 3 is 2.33 bits per heavy atom. The Bertz CT molecular complexity index is 705. The SMILES string of the molecule is C[C@@H](Sc1ccc(Cl)cc1)C(=O)NCc1ccc(NC(N)=O)cc1. The van der Waals surface area contributed by atoms with Crippen LogP contribution >= 0.6 is 23.4 Å². The summed E-state index contributed by atoms with van der Waals surface area (Å²) in [4.78, 5) is 23.9. The zero-order valence-electron chi connectivity index (χ0n) is 13.1. The lowest BCUT2D eigenvalue weighted by Crippen LogP contribution is -2.30. The highest BCUT2D eigenvalue weighted by Crippen LogP contribution is 2.24. The van der Waals surface area contributed by atoms with Crippen molar-refractivity contribution < 1.29 is 9.59 Å². The molecule has 3 amide bonds. The van der Waals surface area contributed by atoms with Gasteiger partial charge >= 0.3 is 6.03 Å². The minimum Gasteiger partial charge on any atom is -0.351 e. The molecule has 0 aliphatic rings. The second kappa shape index (κ2) is 8.61. The summed E-state index contributed by atoms with van der Waals surface area (Å²) in [5.41, 5.74) is 6.60. The zero-order chi connectivity index (χ0) is 17.5. The van der Waals surface area contributed by atoms with Crippen molar-refractivity contribution in [3.63, 3.8) is 0 Å². The highest BCUT2D eigenvalue weighted by molar-refractivity contribution is 8.00. The van der Waals surface area contributed by atoms with E-state index in [0.29, 0.717) is 17.3 Å². The number of rotatable bonds is 6. The van der Waals surface area contributed by atoms with Gasteiger partial charge in [0.2, 0.25) is 5.91 Å². The van der Waals surface area contributed by atoms with Gasteiger partial charge in [-0.2, -0.15) is 0 Å². The highest BCUT2D eigenvalue weighted by atomic mass is 35.5. The van der Waals surface area contributed by atoms with Crippen molar-refractivity contribution in [3.05, 3.63) is 59.1 Å². The fourth-order valence-corrected chi connectivity index (χ4v) is 2.97. The molecule has 4 N–H and O–H groups in total. The number of amides is 3. The topological polar surface area (TPSA) is 84.2 Å². The first-order valence-electron chi connectivity index (χ1n) is 7.29. The highest BCUT2D eigenvalue weighted by Gasteiger charge is 2.14. The van der Waals surface area contributed by atoms with Gasteiger partial charge < -0.3 is 16.4 Å². The molecule has 24 heavy (non-hydrogen) atoms. The van der Waals surface area contributed by atoms with Crippen molar-refractivity contribution in [2.45, 2.75) is 23.6 Å². The third-order valence-corrected chi connectivity index (χ3v) is 4.55. The number of halogens is 1. The fourth-order valence-electron chi connectivity index (χ4n) is 1.95. The van der Waals surface area contributed by atoms with Gasteiger partial charge in [-0.1, -0.05) is 23.7 Å². The van der Waals surface area contributed by atoms with Crippen LogP contribution in [0.2, 0.25) is 5.02 Å². The molecular formula is C17H18ClN3O2S. The maximum atomic E-state index is 12.2. The molecule has 0 aliphatic heterocycles.